The molecule has 0 aromatic rings. The second-order valence-corrected chi connectivity index (χ2v) is 5.00. The topological polar surface area (TPSA) is 60.0 Å². The highest BCUT2D eigenvalue weighted by atomic mass is 16.7. The maximum Gasteiger partial charge on any atom is 0.0656 e. The van der Waals surface area contributed by atoms with E-state index >= 15 is 0 Å². The van der Waals surface area contributed by atoms with E-state index < -0.39 is 0 Å². The summed E-state index contributed by atoms with van der Waals surface area (Å²) in [6, 6.07) is 0. The Labute approximate surface area is 117 Å². The number of rotatable bonds is 4. The van der Waals surface area contributed by atoms with Crippen molar-refractivity contribution in [1.82, 2.24) is 20.6 Å². The van der Waals surface area contributed by atoms with Crippen molar-refractivity contribution < 1.29 is 9.94 Å². The van der Waals surface area contributed by atoms with Crippen LogP contribution in [0.15, 0.2) is 0 Å². The van der Waals surface area contributed by atoms with E-state index in [-0.39, 0.29) is 6.10 Å². The Balaban J connectivity index is 0.000000250. The summed E-state index contributed by atoms with van der Waals surface area (Å²) in [5, 5.41) is 17.6. The van der Waals surface area contributed by atoms with Crippen LogP contribution in [0.3, 0.4) is 0 Å². The van der Waals surface area contributed by atoms with Gasteiger partial charge in [0, 0.05) is 58.9 Å². The zero-order chi connectivity index (χ0) is 13.9. The molecular formula is C13H30N4O2. The highest BCUT2D eigenvalue weighted by Crippen LogP contribution is 2.02. The Bertz CT molecular complexity index is 193. The van der Waals surface area contributed by atoms with Crippen LogP contribution in [-0.4, -0.2) is 86.7 Å². The lowest BCUT2D eigenvalue weighted by Crippen LogP contribution is -2.48. The minimum Gasteiger partial charge on any atom is -0.392 e. The third-order valence-corrected chi connectivity index (χ3v) is 3.12. The largest absolute Gasteiger partial charge is 0.392 e. The van der Waals surface area contributed by atoms with E-state index in [0.717, 1.165) is 65.5 Å². The molecule has 0 saturated carbocycles. The molecule has 0 amide bonds. The van der Waals surface area contributed by atoms with Gasteiger partial charge in [0.05, 0.1) is 12.7 Å². The number of hydrogen-bond acceptors (Lipinski definition) is 6. The number of aliphatic hydroxyl groups excluding tert-OH is 1. The first-order valence-electron chi connectivity index (χ1n) is 7.42. The average molecular weight is 274 g/mol. The van der Waals surface area contributed by atoms with Crippen molar-refractivity contribution in [3.8, 4) is 0 Å². The monoisotopic (exact) mass is 274 g/mol. The van der Waals surface area contributed by atoms with Gasteiger partial charge in [-0.15, -0.1) is 0 Å². The molecule has 2 rings (SSSR count). The SMILES string of the molecule is C1CNCCN1.CCON1CCN(CC(C)O)CC1. The van der Waals surface area contributed by atoms with Gasteiger partial charge in [-0.1, -0.05) is 0 Å². The first-order valence-corrected chi connectivity index (χ1v) is 7.42. The molecule has 1 unspecified atom stereocenters. The van der Waals surface area contributed by atoms with Gasteiger partial charge in [-0.25, -0.2) is 0 Å². The summed E-state index contributed by atoms with van der Waals surface area (Å²) >= 11 is 0. The van der Waals surface area contributed by atoms with Crippen LogP contribution in [0.4, 0.5) is 0 Å². The Morgan fingerprint density at radius 1 is 1.05 bits per heavy atom. The number of hydrogen-bond donors (Lipinski definition) is 3. The maximum absolute atomic E-state index is 9.19. The Hall–Kier alpha value is -0.240. The standard InChI is InChI=1S/C9H20N2O2.C4H10N2/c1-3-13-11-6-4-10(5-7-11)8-9(2)12;1-2-6-4-3-5-1/h9,12H,3-8H2,1-2H3;5-6H,1-4H2. The fourth-order valence-electron chi connectivity index (χ4n) is 2.20. The number of nitrogens with zero attached hydrogens (tertiary/aromatic N) is 2. The van der Waals surface area contributed by atoms with E-state index in [4.69, 9.17) is 4.84 Å². The Morgan fingerprint density at radius 3 is 1.95 bits per heavy atom. The van der Waals surface area contributed by atoms with Crippen LogP contribution >= 0.6 is 0 Å². The number of nitrogens with one attached hydrogen (secondary N) is 2. The van der Waals surface area contributed by atoms with Crippen molar-refractivity contribution in [3.05, 3.63) is 0 Å². The van der Waals surface area contributed by atoms with Gasteiger partial charge in [0.25, 0.3) is 0 Å². The van der Waals surface area contributed by atoms with Gasteiger partial charge >= 0.3 is 0 Å². The van der Waals surface area contributed by atoms with Crippen molar-refractivity contribution in [2.75, 3.05) is 65.5 Å². The van der Waals surface area contributed by atoms with Gasteiger partial charge in [0.2, 0.25) is 0 Å². The van der Waals surface area contributed by atoms with Crippen LogP contribution in [0.25, 0.3) is 0 Å². The molecule has 2 aliphatic heterocycles. The zero-order valence-electron chi connectivity index (χ0n) is 12.4. The highest BCUT2D eigenvalue weighted by Gasteiger charge is 2.17. The predicted molar refractivity (Wildman–Crippen MR) is 77.1 cm³/mol. The number of β-amino-alcohol motifs (C(OH)–C–C–N with tert-alkyl or cyclic N) is 1. The van der Waals surface area contributed by atoms with Gasteiger partial charge < -0.3 is 15.7 Å². The quantitative estimate of drug-likeness (QED) is 0.619. The molecule has 114 valence electrons. The average Bonchev–Trinajstić information content (AvgIpc) is 2.43. The molecule has 2 heterocycles. The first kappa shape index (κ1) is 16.8. The molecule has 0 bridgehead atoms. The second-order valence-electron chi connectivity index (χ2n) is 5.00. The van der Waals surface area contributed by atoms with Gasteiger partial charge in [-0.05, 0) is 13.8 Å². The zero-order valence-corrected chi connectivity index (χ0v) is 12.4. The summed E-state index contributed by atoms with van der Waals surface area (Å²) in [6.07, 6.45) is -0.223. The molecule has 0 aromatic carbocycles. The molecule has 3 N–H and O–H groups in total. The molecule has 2 aliphatic rings. The first-order chi connectivity index (χ1) is 9.22. The van der Waals surface area contributed by atoms with Gasteiger partial charge in [-0.3, -0.25) is 9.74 Å². The molecule has 6 nitrogen and oxygen atoms in total. The highest BCUT2D eigenvalue weighted by molar-refractivity contribution is 4.68. The molecule has 19 heavy (non-hydrogen) atoms. The van der Waals surface area contributed by atoms with Crippen LogP contribution in [0, 0.1) is 0 Å². The lowest BCUT2D eigenvalue weighted by molar-refractivity contribution is -0.173. The number of aliphatic hydroxyl groups is 1. The van der Waals surface area contributed by atoms with Crippen molar-refractivity contribution in [2.45, 2.75) is 20.0 Å². The molecule has 1 atom stereocenters. The minimum atomic E-state index is -0.223. The summed E-state index contributed by atoms with van der Waals surface area (Å²) in [5.41, 5.74) is 0. The fraction of sp³-hybridized carbons (Fsp3) is 1.00. The van der Waals surface area contributed by atoms with Gasteiger partial charge in [0.15, 0.2) is 0 Å². The maximum atomic E-state index is 9.19. The third kappa shape index (κ3) is 8.52. The lowest BCUT2D eigenvalue weighted by Gasteiger charge is -2.34. The van der Waals surface area contributed by atoms with Crippen molar-refractivity contribution >= 4 is 0 Å². The Kier molecular flexibility index (Phi) is 9.32. The number of piperazine rings is 2. The van der Waals surface area contributed by atoms with Gasteiger partial charge in [0.1, 0.15) is 0 Å². The van der Waals surface area contributed by atoms with E-state index in [1.807, 2.05) is 18.9 Å². The summed E-state index contributed by atoms with van der Waals surface area (Å²) in [4.78, 5) is 7.64. The summed E-state index contributed by atoms with van der Waals surface area (Å²) in [5.74, 6) is 0. The van der Waals surface area contributed by atoms with Crippen LogP contribution in [0.5, 0.6) is 0 Å². The second kappa shape index (κ2) is 10.5. The lowest BCUT2D eigenvalue weighted by atomic mass is 10.3. The van der Waals surface area contributed by atoms with E-state index in [2.05, 4.69) is 15.5 Å². The summed E-state index contributed by atoms with van der Waals surface area (Å²) in [6.45, 7) is 13.8. The number of hydroxylamine groups is 2. The molecule has 2 saturated heterocycles. The van der Waals surface area contributed by atoms with E-state index in [9.17, 15) is 5.11 Å². The molecule has 0 aromatic heterocycles. The van der Waals surface area contributed by atoms with Crippen LogP contribution in [0.1, 0.15) is 13.8 Å². The van der Waals surface area contributed by atoms with Crippen LogP contribution in [0.2, 0.25) is 0 Å². The third-order valence-electron chi connectivity index (χ3n) is 3.12. The Morgan fingerprint density at radius 2 is 1.58 bits per heavy atom. The summed E-state index contributed by atoms with van der Waals surface area (Å²) < 4.78 is 0. The molecule has 0 radical (unpaired) electrons. The van der Waals surface area contributed by atoms with Crippen LogP contribution < -0.4 is 10.6 Å². The predicted octanol–water partition coefficient (Wildman–Crippen LogP) is -0.884. The minimum absolute atomic E-state index is 0.223. The van der Waals surface area contributed by atoms with Gasteiger partial charge in [-0.2, -0.15) is 5.06 Å². The summed E-state index contributed by atoms with van der Waals surface area (Å²) in [7, 11) is 0. The smallest absolute Gasteiger partial charge is 0.0656 e. The van der Waals surface area contributed by atoms with Crippen molar-refractivity contribution in [3.63, 3.8) is 0 Å². The molecule has 0 aliphatic carbocycles. The van der Waals surface area contributed by atoms with E-state index in [1.165, 1.54) is 0 Å². The molecule has 0 spiro atoms. The van der Waals surface area contributed by atoms with Crippen LogP contribution in [-0.2, 0) is 4.84 Å². The van der Waals surface area contributed by atoms with Crippen molar-refractivity contribution in [2.24, 2.45) is 0 Å². The van der Waals surface area contributed by atoms with Crippen molar-refractivity contribution in [1.29, 1.82) is 0 Å². The van der Waals surface area contributed by atoms with E-state index in [0.29, 0.717) is 0 Å². The molecule has 6 heteroatoms. The molecule has 2 fully saturated rings. The normalized spacial score (nSPS) is 23.5. The van der Waals surface area contributed by atoms with E-state index in [1.54, 1.807) is 0 Å². The fourth-order valence-corrected chi connectivity index (χ4v) is 2.20. The molecular weight excluding hydrogens is 244 g/mol.